The molecule has 3 unspecified atom stereocenters. The maximum Gasteiger partial charge on any atom is 0.237 e. The van der Waals surface area contributed by atoms with Crippen LogP contribution in [0.4, 0.5) is 15.8 Å². The molecule has 1 saturated heterocycles. The molecule has 3 N–H and O–H groups in total. The van der Waals surface area contributed by atoms with Crippen molar-refractivity contribution in [2.75, 3.05) is 57.2 Å². The van der Waals surface area contributed by atoms with Gasteiger partial charge in [-0.1, -0.05) is 6.07 Å². The van der Waals surface area contributed by atoms with E-state index in [-0.39, 0.29) is 29.5 Å². The van der Waals surface area contributed by atoms with Gasteiger partial charge in [0.1, 0.15) is 12.6 Å². The summed E-state index contributed by atoms with van der Waals surface area (Å²) in [5.41, 5.74) is 1.95. The fraction of sp³-hybridized carbons (Fsp3) is 0.591. The number of carbonyl (C=O) groups is 2. The number of hydrogen-bond donors (Lipinski definition) is 3. The molecule has 0 aliphatic carbocycles. The van der Waals surface area contributed by atoms with E-state index in [9.17, 15) is 19.2 Å². The van der Waals surface area contributed by atoms with Crippen molar-refractivity contribution in [3.63, 3.8) is 0 Å². The summed E-state index contributed by atoms with van der Waals surface area (Å²) in [5, 5.41) is 17.9. The summed E-state index contributed by atoms with van der Waals surface area (Å²) < 4.78 is 17.4. The number of nitrogens with zero attached hydrogens (tertiary/aromatic N) is 2. The number of methoxy groups -OCH3 is 1. The van der Waals surface area contributed by atoms with Crippen molar-refractivity contribution in [2.45, 2.75) is 30.4 Å². The van der Waals surface area contributed by atoms with Crippen LogP contribution in [0.15, 0.2) is 24.3 Å². The molecule has 3 atom stereocenters. The number of nitriles is 1. The minimum Gasteiger partial charge on any atom is -0.385 e. The van der Waals surface area contributed by atoms with E-state index in [0.29, 0.717) is 26.1 Å². The summed E-state index contributed by atoms with van der Waals surface area (Å²) in [4.78, 5) is 26.6. The fourth-order valence-corrected chi connectivity index (χ4v) is 5.07. The third-order valence-corrected chi connectivity index (χ3v) is 6.63. The zero-order valence-electron chi connectivity index (χ0n) is 18.6. The van der Waals surface area contributed by atoms with E-state index in [1.165, 1.54) is 11.8 Å². The maximum absolute atomic E-state index is 12.8. The normalized spacial score (nSPS) is 18.8. The predicted octanol–water partition coefficient (Wildman–Crippen LogP) is 2.45. The Kier molecular flexibility index (Phi) is 11.1. The second-order valence-electron chi connectivity index (χ2n) is 7.32. The van der Waals surface area contributed by atoms with Crippen LogP contribution in [0.5, 0.6) is 0 Å². The van der Waals surface area contributed by atoms with Crippen molar-refractivity contribution < 1.29 is 18.7 Å². The number of thioether (sulfide) groups is 1. The molecule has 176 valence electrons. The van der Waals surface area contributed by atoms with E-state index in [1.54, 1.807) is 12.0 Å². The molecule has 1 heterocycles. The molecule has 0 spiro atoms. The van der Waals surface area contributed by atoms with Crippen LogP contribution in [-0.2, 0) is 14.3 Å². The van der Waals surface area contributed by atoms with Gasteiger partial charge in [-0.15, -0.1) is 11.8 Å². The Morgan fingerprint density at radius 1 is 1.31 bits per heavy atom. The third kappa shape index (κ3) is 7.57. The molecule has 8 nitrogen and oxygen atoms in total. The monoisotopic (exact) mass is 465 g/mol. The molecule has 0 aromatic heterocycles. The minimum atomic E-state index is -0.911. The number of hydrogen-bond acceptors (Lipinski definition) is 7. The Labute approximate surface area is 193 Å². The molecule has 1 aromatic carbocycles. The number of carbonyl (C=O) groups excluding carboxylic acids is 2. The number of anilines is 2. The van der Waals surface area contributed by atoms with Crippen LogP contribution in [0.3, 0.4) is 0 Å². The van der Waals surface area contributed by atoms with E-state index >= 15 is 0 Å². The standard InChI is InChI=1S/C22H32FN5O3S/c1-3-28-20(13-16(15-24)21(29)27-10-8-23)32-19(22(28)30)7-9-25-17-5-4-6-18(14-17)26-11-12-31-2/h4-6,14,16,19-20,25-26H,3,7-13H2,1-2H3,(H,27,29). The van der Waals surface area contributed by atoms with Crippen LogP contribution in [0.2, 0.25) is 0 Å². The van der Waals surface area contributed by atoms with Gasteiger partial charge in [-0.25, -0.2) is 4.39 Å². The van der Waals surface area contributed by atoms with Crippen molar-refractivity contribution in [3.8, 4) is 6.07 Å². The van der Waals surface area contributed by atoms with Crippen molar-refractivity contribution in [1.82, 2.24) is 10.2 Å². The molecule has 32 heavy (non-hydrogen) atoms. The summed E-state index contributed by atoms with van der Waals surface area (Å²) in [6.07, 6.45) is 0.862. The van der Waals surface area contributed by atoms with Gasteiger partial charge in [-0.2, -0.15) is 5.26 Å². The Morgan fingerprint density at radius 2 is 2.03 bits per heavy atom. The van der Waals surface area contributed by atoms with Crippen LogP contribution in [0, 0.1) is 17.2 Å². The first kappa shape index (κ1) is 25.7. The predicted molar refractivity (Wildman–Crippen MR) is 125 cm³/mol. The first-order chi connectivity index (χ1) is 15.5. The molecule has 0 radical (unpaired) electrons. The van der Waals surface area contributed by atoms with Crippen molar-refractivity contribution in [2.24, 2.45) is 5.92 Å². The molecule has 1 aliphatic heterocycles. The highest BCUT2D eigenvalue weighted by atomic mass is 32.2. The van der Waals surface area contributed by atoms with E-state index in [1.807, 2.05) is 37.3 Å². The van der Waals surface area contributed by atoms with Crippen LogP contribution < -0.4 is 16.0 Å². The SMILES string of the molecule is CCN1C(=O)C(CCNc2cccc(NCCOC)c2)SC1CC(C#N)C(=O)NCCF. The molecule has 1 aliphatic rings. The van der Waals surface area contributed by atoms with Gasteiger partial charge < -0.3 is 25.6 Å². The van der Waals surface area contributed by atoms with Crippen molar-refractivity contribution in [1.29, 1.82) is 5.26 Å². The van der Waals surface area contributed by atoms with E-state index in [0.717, 1.165) is 17.9 Å². The van der Waals surface area contributed by atoms with Gasteiger partial charge in [0.15, 0.2) is 0 Å². The fourth-order valence-electron chi connectivity index (χ4n) is 3.48. The molecule has 1 aromatic rings. The second kappa shape index (κ2) is 13.8. The summed E-state index contributed by atoms with van der Waals surface area (Å²) in [5.74, 6) is -1.37. The molecule has 0 bridgehead atoms. The zero-order chi connectivity index (χ0) is 23.3. The van der Waals surface area contributed by atoms with Crippen LogP contribution in [0.1, 0.15) is 19.8 Å². The average Bonchev–Trinajstić information content (AvgIpc) is 3.10. The lowest BCUT2D eigenvalue weighted by Gasteiger charge is -2.23. The van der Waals surface area contributed by atoms with Gasteiger partial charge >= 0.3 is 0 Å². The maximum atomic E-state index is 12.8. The number of benzene rings is 1. The largest absolute Gasteiger partial charge is 0.385 e. The van der Waals surface area contributed by atoms with Crippen molar-refractivity contribution >= 4 is 35.0 Å². The summed E-state index contributed by atoms with van der Waals surface area (Å²) >= 11 is 1.49. The van der Waals surface area contributed by atoms with Gasteiger partial charge in [0.2, 0.25) is 11.8 Å². The van der Waals surface area contributed by atoms with Crippen LogP contribution >= 0.6 is 11.8 Å². The molecule has 10 heteroatoms. The van der Waals surface area contributed by atoms with Crippen LogP contribution in [0.25, 0.3) is 0 Å². The summed E-state index contributed by atoms with van der Waals surface area (Å²) in [6.45, 7) is 3.58. The third-order valence-electron chi connectivity index (χ3n) is 5.11. The Hall–Kier alpha value is -2.51. The second-order valence-corrected chi connectivity index (χ2v) is 8.70. The molecular formula is C22H32FN5O3S. The van der Waals surface area contributed by atoms with Crippen molar-refractivity contribution in [3.05, 3.63) is 24.3 Å². The quantitative estimate of drug-likeness (QED) is 0.362. The molecule has 1 fully saturated rings. The number of halogens is 1. The highest BCUT2D eigenvalue weighted by molar-refractivity contribution is 8.01. The highest BCUT2D eigenvalue weighted by Crippen LogP contribution is 2.36. The number of rotatable bonds is 14. The smallest absolute Gasteiger partial charge is 0.237 e. The first-order valence-electron chi connectivity index (χ1n) is 10.8. The van der Waals surface area contributed by atoms with Gasteiger partial charge in [-0.3, -0.25) is 9.59 Å². The summed E-state index contributed by atoms with van der Waals surface area (Å²) in [6, 6.07) is 9.91. The average molecular weight is 466 g/mol. The lowest BCUT2D eigenvalue weighted by molar-refractivity contribution is -0.131. The first-order valence-corrected chi connectivity index (χ1v) is 11.7. The number of ether oxygens (including phenoxy) is 1. The van der Waals surface area contributed by atoms with E-state index < -0.39 is 18.5 Å². The Morgan fingerprint density at radius 3 is 2.66 bits per heavy atom. The van der Waals surface area contributed by atoms with Gasteiger partial charge in [0, 0.05) is 51.1 Å². The number of alkyl halides is 1. The van der Waals surface area contributed by atoms with Gasteiger partial charge in [0.05, 0.1) is 23.3 Å². The van der Waals surface area contributed by atoms with Gasteiger partial charge in [-0.05, 0) is 31.5 Å². The Bertz CT molecular complexity index is 791. The van der Waals surface area contributed by atoms with E-state index in [2.05, 4.69) is 16.0 Å². The Balaban J connectivity index is 1.88. The molecule has 2 amide bonds. The topological polar surface area (TPSA) is 106 Å². The highest BCUT2D eigenvalue weighted by Gasteiger charge is 2.40. The minimum absolute atomic E-state index is 0.0279. The van der Waals surface area contributed by atoms with Crippen LogP contribution in [-0.4, -0.2) is 73.9 Å². The molecular weight excluding hydrogens is 433 g/mol. The number of amides is 2. The number of nitrogens with one attached hydrogen (secondary N) is 3. The molecule has 0 saturated carbocycles. The lowest BCUT2D eigenvalue weighted by atomic mass is 10.1. The van der Waals surface area contributed by atoms with E-state index in [4.69, 9.17) is 4.74 Å². The summed E-state index contributed by atoms with van der Waals surface area (Å²) in [7, 11) is 1.66. The zero-order valence-corrected chi connectivity index (χ0v) is 19.4. The lowest BCUT2D eigenvalue weighted by Crippen LogP contribution is -2.38. The molecule has 2 rings (SSSR count). The van der Waals surface area contributed by atoms with Gasteiger partial charge in [0.25, 0.3) is 0 Å².